The van der Waals surface area contributed by atoms with Crippen molar-refractivity contribution in [3.05, 3.63) is 11.8 Å². The van der Waals surface area contributed by atoms with Crippen LogP contribution < -0.4 is 5.32 Å². The third kappa shape index (κ3) is 4.02. The number of aromatic nitrogens is 2. The molecule has 1 atom stereocenters. The van der Waals surface area contributed by atoms with E-state index in [4.69, 9.17) is 4.42 Å². The topological polar surface area (TPSA) is 85.1 Å². The number of aryl methyl sites for hydroxylation is 1. The van der Waals surface area contributed by atoms with E-state index in [1.54, 1.807) is 0 Å². The zero-order valence-corrected chi connectivity index (χ0v) is 12.8. The molecule has 2 heterocycles. The van der Waals surface area contributed by atoms with Crippen molar-refractivity contribution in [3.8, 4) is 0 Å². The highest BCUT2D eigenvalue weighted by molar-refractivity contribution is 7.91. The molecule has 7 heteroatoms. The molecule has 1 aromatic rings. The molecule has 1 N–H and O–H groups in total. The maximum atomic E-state index is 12.0. The number of rotatable bonds is 7. The molecular formula is C13H23N3O3S. The van der Waals surface area contributed by atoms with E-state index in [2.05, 4.69) is 22.4 Å². The molecule has 1 aliphatic rings. The summed E-state index contributed by atoms with van der Waals surface area (Å²) in [7, 11) is -3.10. The Hall–Kier alpha value is -0.950. The highest BCUT2D eigenvalue weighted by atomic mass is 32.2. The monoisotopic (exact) mass is 301 g/mol. The number of hydrogen-bond acceptors (Lipinski definition) is 6. The zero-order valence-electron chi connectivity index (χ0n) is 12.0. The van der Waals surface area contributed by atoms with Gasteiger partial charge in [0.15, 0.2) is 9.84 Å². The van der Waals surface area contributed by atoms with Crippen LogP contribution in [-0.2, 0) is 16.3 Å². The lowest BCUT2D eigenvalue weighted by Gasteiger charge is -2.18. The summed E-state index contributed by atoms with van der Waals surface area (Å²) in [4.78, 5) is 0. The van der Waals surface area contributed by atoms with Crippen molar-refractivity contribution in [1.29, 1.82) is 0 Å². The van der Waals surface area contributed by atoms with Crippen LogP contribution in [0, 0.1) is 0 Å². The summed E-state index contributed by atoms with van der Waals surface area (Å²) in [5, 5.41) is 10.6. The molecule has 0 spiro atoms. The summed E-state index contributed by atoms with van der Waals surface area (Å²) < 4.78 is 29.5. The molecule has 0 radical (unpaired) electrons. The lowest BCUT2D eigenvalue weighted by molar-refractivity contribution is 0.418. The van der Waals surface area contributed by atoms with Crippen LogP contribution >= 0.6 is 0 Å². The van der Waals surface area contributed by atoms with Crippen LogP contribution in [-0.4, -0.2) is 37.5 Å². The predicted octanol–water partition coefficient (Wildman–Crippen LogP) is 1.64. The first-order chi connectivity index (χ1) is 9.63. The van der Waals surface area contributed by atoms with Crippen molar-refractivity contribution in [2.24, 2.45) is 0 Å². The fourth-order valence-electron chi connectivity index (χ4n) is 2.40. The second kappa shape index (κ2) is 7.17. The molecule has 0 bridgehead atoms. The first kappa shape index (κ1) is 15.4. The van der Waals surface area contributed by atoms with E-state index in [0.29, 0.717) is 18.7 Å². The number of nitrogens with one attached hydrogen (secondary N) is 1. The van der Waals surface area contributed by atoms with Crippen LogP contribution in [0.2, 0.25) is 0 Å². The Morgan fingerprint density at radius 1 is 1.30 bits per heavy atom. The van der Waals surface area contributed by atoms with Crippen LogP contribution in [0.15, 0.2) is 4.42 Å². The van der Waals surface area contributed by atoms with Gasteiger partial charge in [0.1, 0.15) is 5.25 Å². The maximum Gasteiger partial charge on any atom is 0.234 e. The van der Waals surface area contributed by atoms with Crippen molar-refractivity contribution in [2.75, 3.05) is 18.8 Å². The molecule has 0 aliphatic carbocycles. The van der Waals surface area contributed by atoms with Crippen LogP contribution in [0.25, 0.3) is 0 Å². The first-order valence-corrected chi connectivity index (χ1v) is 9.09. The third-order valence-corrected chi connectivity index (χ3v) is 5.67. The van der Waals surface area contributed by atoms with Gasteiger partial charge in [-0.25, -0.2) is 8.42 Å². The molecule has 1 aromatic heterocycles. The number of sulfone groups is 1. The van der Waals surface area contributed by atoms with E-state index >= 15 is 0 Å². The summed E-state index contributed by atoms with van der Waals surface area (Å²) in [6, 6.07) is 0. The Kier molecular flexibility index (Phi) is 5.54. The van der Waals surface area contributed by atoms with Gasteiger partial charge >= 0.3 is 0 Å². The van der Waals surface area contributed by atoms with Crippen LogP contribution in [0.5, 0.6) is 0 Å². The van der Waals surface area contributed by atoms with E-state index in [0.717, 1.165) is 38.8 Å². The summed E-state index contributed by atoms with van der Waals surface area (Å²) >= 11 is 0. The van der Waals surface area contributed by atoms with E-state index in [1.807, 2.05) is 0 Å². The molecule has 1 saturated heterocycles. The molecule has 1 aliphatic heterocycles. The average molecular weight is 301 g/mol. The van der Waals surface area contributed by atoms with Crippen molar-refractivity contribution in [2.45, 2.75) is 50.7 Å². The Balaban J connectivity index is 1.88. The van der Waals surface area contributed by atoms with Crippen molar-refractivity contribution < 1.29 is 12.8 Å². The van der Waals surface area contributed by atoms with Gasteiger partial charge in [0.25, 0.3) is 0 Å². The molecule has 0 aromatic carbocycles. The Morgan fingerprint density at radius 3 is 2.90 bits per heavy atom. The third-order valence-electron chi connectivity index (χ3n) is 3.51. The highest BCUT2D eigenvalue weighted by Crippen LogP contribution is 2.32. The SMILES string of the molecule is CCCNCCCc1nnc(C2CCCCS2(=O)=O)o1. The second-order valence-corrected chi connectivity index (χ2v) is 7.54. The highest BCUT2D eigenvalue weighted by Gasteiger charge is 2.34. The average Bonchev–Trinajstić information content (AvgIpc) is 2.86. The van der Waals surface area contributed by atoms with Crippen LogP contribution in [0.4, 0.5) is 0 Å². The normalized spacial score (nSPS) is 21.9. The molecule has 0 saturated carbocycles. The maximum absolute atomic E-state index is 12.0. The molecular weight excluding hydrogens is 278 g/mol. The van der Waals surface area contributed by atoms with Crippen molar-refractivity contribution in [3.63, 3.8) is 0 Å². The molecule has 0 amide bonds. The first-order valence-electron chi connectivity index (χ1n) is 7.38. The Bertz CT molecular complexity index is 513. The summed E-state index contributed by atoms with van der Waals surface area (Å²) in [6.07, 6.45) is 4.97. The molecule has 114 valence electrons. The van der Waals surface area contributed by atoms with Crippen molar-refractivity contribution in [1.82, 2.24) is 15.5 Å². The summed E-state index contributed by atoms with van der Waals surface area (Å²) in [5.41, 5.74) is 0. The molecule has 1 unspecified atom stereocenters. The predicted molar refractivity (Wildman–Crippen MR) is 76.2 cm³/mol. The molecule has 20 heavy (non-hydrogen) atoms. The minimum absolute atomic E-state index is 0.232. The standard InChI is InChI=1S/C13H23N3O3S/c1-2-8-14-9-5-7-12-15-16-13(19-12)11-6-3-4-10-20(11,17)18/h11,14H,2-10H2,1H3. The summed E-state index contributed by atoms with van der Waals surface area (Å²) in [5.74, 6) is 1.05. The second-order valence-electron chi connectivity index (χ2n) is 5.24. The lowest BCUT2D eigenvalue weighted by Crippen LogP contribution is -2.21. The van der Waals surface area contributed by atoms with Gasteiger partial charge in [-0.1, -0.05) is 13.3 Å². The van der Waals surface area contributed by atoms with E-state index in [-0.39, 0.29) is 11.6 Å². The van der Waals surface area contributed by atoms with Gasteiger partial charge in [-0.3, -0.25) is 0 Å². The van der Waals surface area contributed by atoms with Gasteiger partial charge in [-0.05, 0) is 38.8 Å². The Labute approximate surface area is 120 Å². The van der Waals surface area contributed by atoms with Crippen LogP contribution in [0.3, 0.4) is 0 Å². The summed E-state index contributed by atoms with van der Waals surface area (Å²) in [6.45, 7) is 4.05. The van der Waals surface area contributed by atoms with Gasteiger partial charge in [-0.15, -0.1) is 10.2 Å². The fraction of sp³-hybridized carbons (Fsp3) is 0.846. The smallest absolute Gasteiger partial charge is 0.234 e. The minimum Gasteiger partial charge on any atom is -0.424 e. The molecule has 2 rings (SSSR count). The lowest BCUT2D eigenvalue weighted by atomic mass is 10.2. The molecule has 6 nitrogen and oxygen atoms in total. The van der Waals surface area contributed by atoms with Gasteiger partial charge in [0.05, 0.1) is 5.75 Å². The quantitative estimate of drug-likeness (QED) is 0.771. The Morgan fingerprint density at radius 2 is 2.15 bits per heavy atom. The van der Waals surface area contributed by atoms with Gasteiger partial charge in [-0.2, -0.15) is 0 Å². The largest absolute Gasteiger partial charge is 0.424 e. The minimum atomic E-state index is -3.10. The fourth-order valence-corrected chi connectivity index (χ4v) is 4.22. The van der Waals surface area contributed by atoms with E-state index < -0.39 is 15.1 Å². The van der Waals surface area contributed by atoms with E-state index in [1.165, 1.54) is 0 Å². The van der Waals surface area contributed by atoms with Crippen molar-refractivity contribution >= 4 is 9.84 Å². The number of nitrogens with zero attached hydrogens (tertiary/aromatic N) is 2. The van der Waals surface area contributed by atoms with Gasteiger partial charge < -0.3 is 9.73 Å². The van der Waals surface area contributed by atoms with Gasteiger partial charge in [0.2, 0.25) is 11.8 Å². The zero-order chi connectivity index (χ0) is 14.4. The number of hydrogen-bond donors (Lipinski definition) is 1. The van der Waals surface area contributed by atoms with Crippen LogP contribution in [0.1, 0.15) is 56.1 Å². The van der Waals surface area contributed by atoms with E-state index in [9.17, 15) is 8.42 Å². The van der Waals surface area contributed by atoms with Gasteiger partial charge in [0, 0.05) is 6.42 Å². The molecule has 1 fully saturated rings.